The monoisotopic (exact) mass is 285 g/mol. The zero-order valence-electron chi connectivity index (χ0n) is 12.2. The standard InChI is InChI=1S/C16H19N3O2/c1-3-18(15-7-5-4-6-12(15)2)11-13-8-9-14(17)16(10-13)19(20)21/h4-10H,3,11,17H2,1-2H3. The fraction of sp³-hybridized carbons (Fsp3) is 0.250. The molecule has 0 saturated carbocycles. The van der Waals surface area contributed by atoms with Gasteiger partial charge in [0.1, 0.15) is 5.69 Å². The minimum atomic E-state index is -0.442. The van der Waals surface area contributed by atoms with Gasteiger partial charge < -0.3 is 10.6 Å². The summed E-state index contributed by atoms with van der Waals surface area (Å²) in [5, 5.41) is 11.0. The Kier molecular flexibility index (Phi) is 4.42. The second-order valence-electron chi connectivity index (χ2n) is 4.95. The number of nitrogen functional groups attached to an aromatic ring is 1. The van der Waals surface area contributed by atoms with Crippen LogP contribution in [0.4, 0.5) is 17.1 Å². The number of anilines is 2. The highest BCUT2D eigenvalue weighted by Gasteiger charge is 2.14. The molecule has 0 heterocycles. The highest BCUT2D eigenvalue weighted by atomic mass is 16.6. The Balaban J connectivity index is 2.29. The van der Waals surface area contributed by atoms with E-state index in [1.165, 1.54) is 5.56 Å². The van der Waals surface area contributed by atoms with E-state index in [-0.39, 0.29) is 11.4 Å². The van der Waals surface area contributed by atoms with Crippen LogP contribution in [0.15, 0.2) is 42.5 Å². The van der Waals surface area contributed by atoms with E-state index >= 15 is 0 Å². The zero-order chi connectivity index (χ0) is 15.4. The van der Waals surface area contributed by atoms with Crippen molar-refractivity contribution in [1.82, 2.24) is 0 Å². The second-order valence-corrected chi connectivity index (χ2v) is 4.95. The zero-order valence-corrected chi connectivity index (χ0v) is 12.2. The third-order valence-corrected chi connectivity index (χ3v) is 3.50. The maximum atomic E-state index is 11.0. The van der Waals surface area contributed by atoms with E-state index < -0.39 is 4.92 Å². The minimum Gasteiger partial charge on any atom is -0.393 e. The van der Waals surface area contributed by atoms with Crippen LogP contribution in [0.2, 0.25) is 0 Å². The maximum absolute atomic E-state index is 11.0. The highest BCUT2D eigenvalue weighted by molar-refractivity contribution is 5.60. The molecular formula is C16H19N3O2. The number of nitrogens with two attached hydrogens (primary N) is 1. The van der Waals surface area contributed by atoms with Gasteiger partial charge in [-0.25, -0.2) is 0 Å². The molecular weight excluding hydrogens is 266 g/mol. The van der Waals surface area contributed by atoms with E-state index in [0.29, 0.717) is 6.54 Å². The van der Waals surface area contributed by atoms with Crippen LogP contribution in [0.5, 0.6) is 0 Å². The molecule has 2 aromatic rings. The van der Waals surface area contributed by atoms with Crippen LogP contribution in [0.25, 0.3) is 0 Å². The molecule has 0 amide bonds. The van der Waals surface area contributed by atoms with Gasteiger partial charge in [-0.1, -0.05) is 24.3 Å². The smallest absolute Gasteiger partial charge is 0.292 e. The molecule has 0 atom stereocenters. The van der Waals surface area contributed by atoms with Gasteiger partial charge >= 0.3 is 0 Å². The first-order chi connectivity index (χ1) is 10.0. The van der Waals surface area contributed by atoms with E-state index in [2.05, 4.69) is 30.9 Å². The number of nitro groups is 1. The molecule has 0 spiro atoms. The number of rotatable bonds is 5. The van der Waals surface area contributed by atoms with Gasteiger partial charge in [0.15, 0.2) is 0 Å². The molecule has 110 valence electrons. The van der Waals surface area contributed by atoms with E-state index in [4.69, 9.17) is 5.73 Å². The van der Waals surface area contributed by atoms with Crippen molar-refractivity contribution in [2.75, 3.05) is 17.2 Å². The van der Waals surface area contributed by atoms with E-state index in [0.717, 1.165) is 17.8 Å². The third-order valence-electron chi connectivity index (χ3n) is 3.50. The third kappa shape index (κ3) is 3.31. The first-order valence-corrected chi connectivity index (χ1v) is 6.86. The lowest BCUT2D eigenvalue weighted by Crippen LogP contribution is -2.22. The molecule has 0 aliphatic rings. The van der Waals surface area contributed by atoms with Gasteiger partial charge in [-0.3, -0.25) is 10.1 Å². The van der Waals surface area contributed by atoms with Gasteiger partial charge in [0.2, 0.25) is 0 Å². The first-order valence-electron chi connectivity index (χ1n) is 6.86. The molecule has 0 aliphatic carbocycles. The number of hydrogen-bond donors (Lipinski definition) is 1. The van der Waals surface area contributed by atoms with Crippen LogP contribution in [0.3, 0.4) is 0 Å². The Morgan fingerprint density at radius 1 is 1.24 bits per heavy atom. The van der Waals surface area contributed by atoms with Crippen molar-refractivity contribution in [3.63, 3.8) is 0 Å². The summed E-state index contributed by atoms with van der Waals surface area (Å²) < 4.78 is 0. The van der Waals surface area contributed by atoms with Crippen molar-refractivity contribution < 1.29 is 4.92 Å². The lowest BCUT2D eigenvalue weighted by Gasteiger charge is -2.25. The molecule has 0 aliphatic heterocycles. The van der Waals surface area contributed by atoms with Gasteiger partial charge in [0.25, 0.3) is 5.69 Å². The van der Waals surface area contributed by atoms with Crippen LogP contribution in [0, 0.1) is 17.0 Å². The summed E-state index contributed by atoms with van der Waals surface area (Å²) in [6.45, 7) is 5.56. The van der Waals surface area contributed by atoms with E-state index in [1.54, 1.807) is 12.1 Å². The van der Waals surface area contributed by atoms with E-state index in [9.17, 15) is 10.1 Å². The molecule has 2 aromatic carbocycles. The SMILES string of the molecule is CCN(Cc1ccc(N)c([N+](=O)[O-])c1)c1ccccc1C. The van der Waals surface area contributed by atoms with Gasteiger partial charge in [0.05, 0.1) is 4.92 Å². The van der Waals surface area contributed by atoms with Crippen molar-refractivity contribution in [3.05, 3.63) is 63.7 Å². The number of para-hydroxylation sites is 1. The summed E-state index contributed by atoms with van der Waals surface area (Å²) in [5.74, 6) is 0. The molecule has 0 bridgehead atoms. The predicted molar refractivity (Wildman–Crippen MR) is 85.4 cm³/mol. The summed E-state index contributed by atoms with van der Waals surface area (Å²) in [6, 6.07) is 13.1. The van der Waals surface area contributed by atoms with Gasteiger partial charge in [0, 0.05) is 24.8 Å². The quantitative estimate of drug-likeness (QED) is 0.518. The Morgan fingerprint density at radius 3 is 2.57 bits per heavy atom. The molecule has 0 saturated heterocycles. The molecule has 21 heavy (non-hydrogen) atoms. The van der Waals surface area contributed by atoms with Crippen LogP contribution < -0.4 is 10.6 Å². The summed E-state index contributed by atoms with van der Waals surface area (Å²) in [5.41, 5.74) is 9.00. The Morgan fingerprint density at radius 2 is 1.95 bits per heavy atom. The summed E-state index contributed by atoms with van der Waals surface area (Å²) in [6.07, 6.45) is 0. The lowest BCUT2D eigenvalue weighted by molar-refractivity contribution is -0.384. The summed E-state index contributed by atoms with van der Waals surface area (Å²) in [7, 11) is 0. The van der Waals surface area contributed by atoms with Crippen molar-refractivity contribution in [2.45, 2.75) is 20.4 Å². The van der Waals surface area contributed by atoms with Crippen molar-refractivity contribution >= 4 is 17.1 Å². The average Bonchev–Trinajstić information content (AvgIpc) is 2.47. The highest BCUT2D eigenvalue weighted by Crippen LogP contribution is 2.25. The number of benzene rings is 2. The Hall–Kier alpha value is -2.56. The van der Waals surface area contributed by atoms with E-state index in [1.807, 2.05) is 18.2 Å². The van der Waals surface area contributed by atoms with Gasteiger partial charge in [-0.2, -0.15) is 0 Å². The number of nitro benzene ring substituents is 1. The van der Waals surface area contributed by atoms with Gasteiger partial charge in [-0.05, 0) is 37.1 Å². The summed E-state index contributed by atoms with van der Waals surface area (Å²) in [4.78, 5) is 12.7. The fourth-order valence-corrected chi connectivity index (χ4v) is 2.35. The molecule has 5 nitrogen and oxygen atoms in total. The number of hydrogen-bond acceptors (Lipinski definition) is 4. The van der Waals surface area contributed by atoms with Crippen LogP contribution in [-0.2, 0) is 6.54 Å². The Labute approximate surface area is 124 Å². The number of nitrogens with zero attached hydrogens (tertiary/aromatic N) is 2. The van der Waals surface area contributed by atoms with Crippen molar-refractivity contribution in [3.8, 4) is 0 Å². The van der Waals surface area contributed by atoms with Crippen LogP contribution in [-0.4, -0.2) is 11.5 Å². The second kappa shape index (κ2) is 6.26. The van der Waals surface area contributed by atoms with Crippen LogP contribution >= 0.6 is 0 Å². The van der Waals surface area contributed by atoms with Crippen LogP contribution in [0.1, 0.15) is 18.1 Å². The predicted octanol–water partition coefficient (Wildman–Crippen LogP) is 3.51. The molecule has 0 radical (unpaired) electrons. The van der Waals surface area contributed by atoms with Gasteiger partial charge in [-0.15, -0.1) is 0 Å². The lowest BCUT2D eigenvalue weighted by atomic mass is 10.1. The van der Waals surface area contributed by atoms with Crippen molar-refractivity contribution in [2.24, 2.45) is 0 Å². The minimum absolute atomic E-state index is 0.0339. The van der Waals surface area contributed by atoms with Crippen molar-refractivity contribution in [1.29, 1.82) is 0 Å². The largest absolute Gasteiger partial charge is 0.393 e. The number of aryl methyl sites for hydroxylation is 1. The average molecular weight is 285 g/mol. The molecule has 0 fully saturated rings. The topological polar surface area (TPSA) is 72.4 Å². The Bertz CT molecular complexity index is 656. The molecule has 0 aromatic heterocycles. The molecule has 5 heteroatoms. The molecule has 2 N–H and O–H groups in total. The first kappa shape index (κ1) is 14.8. The summed E-state index contributed by atoms with van der Waals surface area (Å²) >= 11 is 0. The molecule has 2 rings (SSSR count). The fourth-order valence-electron chi connectivity index (χ4n) is 2.35. The normalized spacial score (nSPS) is 10.4. The maximum Gasteiger partial charge on any atom is 0.292 e. The molecule has 0 unspecified atom stereocenters.